The number of ketones is 1. The van der Waals surface area contributed by atoms with Crippen LogP contribution >= 0.6 is 0 Å². The van der Waals surface area contributed by atoms with Crippen LogP contribution < -0.4 is 4.74 Å². The number of aryl methyl sites for hydroxylation is 1. The van der Waals surface area contributed by atoms with Gasteiger partial charge in [0.1, 0.15) is 0 Å². The third-order valence-corrected chi connectivity index (χ3v) is 2.63. The molecule has 0 radical (unpaired) electrons. The van der Waals surface area contributed by atoms with Gasteiger partial charge in [-0.2, -0.15) is 0 Å². The first-order valence-electron chi connectivity index (χ1n) is 5.59. The second-order valence-corrected chi connectivity index (χ2v) is 4.10. The maximum absolute atomic E-state index is 11.4. The molecule has 18 heavy (non-hydrogen) atoms. The number of carbonyl (C=O) groups is 1. The van der Waals surface area contributed by atoms with Gasteiger partial charge in [0.15, 0.2) is 5.78 Å². The molecule has 1 aromatic heterocycles. The van der Waals surface area contributed by atoms with E-state index in [9.17, 15) is 4.79 Å². The zero-order valence-electron chi connectivity index (χ0n) is 10.6. The number of ether oxygens (including phenoxy) is 1. The molecular formula is C14H14N2O2. The average Bonchev–Trinajstić information content (AvgIpc) is 2.38. The normalized spacial score (nSPS) is 10.2. The maximum Gasteiger partial charge on any atom is 0.316 e. The Kier molecular flexibility index (Phi) is 3.37. The Bertz CT molecular complexity index is 577. The molecule has 0 atom stereocenters. The lowest BCUT2D eigenvalue weighted by molar-refractivity contribution is 0.101. The van der Waals surface area contributed by atoms with Crippen LogP contribution in [0.4, 0.5) is 0 Å². The predicted molar refractivity (Wildman–Crippen MR) is 68.8 cm³/mol. The van der Waals surface area contributed by atoms with Crippen LogP contribution in [0.1, 0.15) is 22.8 Å². The van der Waals surface area contributed by atoms with Crippen LogP contribution in [0.15, 0.2) is 30.6 Å². The number of hydrogen-bond acceptors (Lipinski definition) is 4. The van der Waals surface area contributed by atoms with Crippen LogP contribution in [0.3, 0.4) is 0 Å². The van der Waals surface area contributed by atoms with E-state index < -0.39 is 0 Å². The molecule has 0 amide bonds. The molecule has 0 spiro atoms. The van der Waals surface area contributed by atoms with Crippen molar-refractivity contribution in [1.29, 1.82) is 0 Å². The summed E-state index contributed by atoms with van der Waals surface area (Å²) in [5.41, 5.74) is 3.53. The first-order valence-corrected chi connectivity index (χ1v) is 5.59. The first-order chi connectivity index (χ1) is 8.60. The number of Topliss-reactive ketones (excluding diaryl/α,β-unsaturated/α-hetero) is 1. The number of aromatic nitrogens is 2. The van der Waals surface area contributed by atoms with Crippen molar-refractivity contribution in [2.75, 3.05) is 7.11 Å². The Hall–Kier alpha value is -2.23. The zero-order chi connectivity index (χ0) is 13.1. The smallest absolute Gasteiger partial charge is 0.316 e. The van der Waals surface area contributed by atoms with E-state index in [4.69, 9.17) is 4.74 Å². The van der Waals surface area contributed by atoms with E-state index in [-0.39, 0.29) is 5.78 Å². The van der Waals surface area contributed by atoms with Crippen molar-refractivity contribution in [3.63, 3.8) is 0 Å². The number of rotatable bonds is 3. The molecule has 2 rings (SSSR count). The Labute approximate surface area is 106 Å². The molecule has 0 saturated carbocycles. The van der Waals surface area contributed by atoms with Crippen molar-refractivity contribution in [1.82, 2.24) is 9.97 Å². The molecule has 4 nitrogen and oxygen atoms in total. The SMILES string of the molecule is COc1ncc(-c2cc(C)cc(C(C)=O)c2)cn1. The molecule has 0 saturated heterocycles. The molecule has 0 aliphatic rings. The number of benzene rings is 1. The van der Waals surface area contributed by atoms with Crippen LogP contribution in [-0.4, -0.2) is 22.9 Å². The minimum Gasteiger partial charge on any atom is -0.467 e. The highest BCUT2D eigenvalue weighted by molar-refractivity contribution is 5.95. The number of carbonyl (C=O) groups excluding carboxylic acids is 1. The molecule has 0 aliphatic heterocycles. The second kappa shape index (κ2) is 4.96. The largest absolute Gasteiger partial charge is 0.467 e. The van der Waals surface area contributed by atoms with Crippen molar-refractivity contribution < 1.29 is 9.53 Å². The quantitative estimate of drug-likeness (QED) is 0.776. The summed E-state index contributed by atoms with van der Waals surface area (Å²) in [6, 6.07) is 6.05. The van der Waals surface area contributed by atoms with E-state index in [1.165, 1.54) is 7.11 Å². The summed E-state index contributed by atoms with van der Waals surface area (Å²) in [7, 11) is 1.52. The monoisotopic (exact) mass is 242 g/mol. The van der Waals surface area contributed by atoms with E-state index in [1.54, 1.807) is 19.3 Å². The fourth-order valence-corrected chi connectivity index (χ4v) is 1.72. The lowest BCUT2D eigenvalue weighted by Crippen LogP contribution is -1.95. The summed E-state index contributed by atoms with van der Waals surface area (Å²) < 4.78 is 4.91. The van der Waals surface area contributed by atoms with E-state index >= 15 is 0 Å². The molecule has 92 valence electrons. The van der Waals surface area contributed by atoms with E-state index in [0.717, 1.165) is 16.7 Å². The maximum atomic E-state index is 11.4. The molecule has 2 aromatic rings. The molecule has 4 heteroatoms. The standard InChI is InChI=1S/C14H14N2O2/c1-9-4-11(10(2)17)6-12(5-9)13-7-15-14(18-3)16-8-13/h4-8H,1-3H3. The molecule has 1 heterocycles. The summed E-state index contributed by atoms with van der Waals surface area (Å²) in [4.78, 5) is 19.5. The fraction of sp³-hybridized carbons (Fsp3) is 0.214. The van der Waals surface area contributed by atoms with Gasteiger partial charge in [0.2, 0.25) is 0 Å². The van der Waals surface area contributed by atoms with Crippen LogP contribution in [-0.2, 0) is 0 Å². The Balaban J connectivity index is 2.46. The zero-order valence-corrected chi connectivity index (χ0v) is 10.6. The van der Waals surface area contributed by atoms with Gasteiger partial charge in [0.05, 0.1) is 7.11 Å². The van der Waals surface area contributed by atoms with Gasteiger partial charge in [0.25, 0.3) is 0 Å². The number of hydrogen-bond donors (Lipinski definition) is 0. The highest BCUT2D eigenvalue weighted by atomic mass is 16.5. The molecule has 0 fully saturated rings. The van der Waals surface area contributed by atoms with Gasteiger partial charge in [0, 0.05) is 23.5 Å². The van der Waals surface area contributed by atoms with Crippen molar-refractivity contribution in [3.8, 4) is 17.1 Å². The lowest BCUT2D eigenvalue weighted by Gasteiger charge is -2.06. The van der Waals surface area contributed by atoms with Gasteiger partial charge in [-0.05, 0) is 37.1 Å². The highest BCUT2D eigenvalue weighted by Gasteiger charge is 2.06. The fourth-order valence-electron chi connectivity index (χ4n) is 1.72. The summed E-state index contributed by atoms with van der Waals surface area (Å²) in [6.45, 7) is 3.52. The highest BCUT2D eigenvalue weighted by Crippen LogP contribution is 2.22. The lowest BCUT2D eigenvalue weighted by atomic mass is 10.0. The predicted octanol–water partition coefficient (Wildman–Crippen LogP) is 2.66. The summed E-state index contributed by atoms with van der Waals surface area (Å²) >= 11 is 0. The number of nitrogens with zero attached hydrogens (tertiary/aromatic N) is 2. The van der Waals surface area contributed by atoms with E-state index in [0.29, 0.717) is 11.6 Å². The van der Waals surface area contributed by atoms with Gasteiger partial charge >= 0.3 is 6.01 Å². The second-order valence-electron chi connectivity index (χ2n) is 4.10. The Morgan fingerprint density at radius 1 is 1.11 bits per heavy atom. The van der Waals surface area contributed by atoms with E-state index in [1.807, 2.05) is 25.1 Å². The number of methoxy groups -OCH3 is 1. The van der Waals surface area contributed by atoms with Crippen LogP contribution in [0.25, 0.3) is 11.1 Å². The van der Waals surface area contributed by atoms with Gasteiger partial charge in [-0.25, -0.2) is 9.97 Å². The van der Waals surface area contributed by atoms with Gasteiger partial charge < -0.3 is 4.74 Å². The third-order valence-electron chi connectivity index (χ3n) is 2.63. The van der Waals surface area contributed by atoms with Crippen molar-refractivity contribution in [2.45, 2.75) is 13.8 Å². The Morgan fingerprint density at radius 3 is 2.33 bits per heavy atom. The minimum atomic E-state index is 0.0504. The van der Waals surface area contributed by atoms with Crippen LogP contribution in [0.2, 0.25) is 0 Å². The van der Waals surface area contributed by atoms with Gasteiger partial charge in [-0.3, -0.25) is 4.79 Å². The summed E-state index contributed by atoms with van der Waals surface area (Å²) in [5.74, 6) is 0.0504. The molecular weight excluding hydrogens is 228 g/mol. The van der Waals surface area contributed by atoms with Gasteiger partial charge in [-0.15, -0.1) is 0 Å². The van der Waals surface area contributed by atoms with Crippen molar-refractivity contribution in [3.05, 3.63) is 41.7 Å². The summed E-state index contributed by atoms with van der Waals surface area (Å²) in [5, 5.41) is 0. The van der Waals surface area contributed by atoms with Crippen LogP contribution in [0.5, 0.6) is 6.01 Å². The molecule has 0 N–H and O–H groups in total. The Morgan fingerprint density at radius 2 is 1.78 bits per heavy atom. The minimum absolute atomic E-state index is 0.0504. The molecule has 0 aliphatic carbocycles. The van der Waals surface area contributed by atoms with Crippen molar-refractivity contribution in [2.24, 2.45) is 0 Å². The first kappa shape index (κ1) is 12.2. The molecule has 1 aromatic carbocycles. The average molecular weight is 242 g/mol. The van der Waals surface area contributed by atoms with E-state index in [2.05, 4.69) is 9.97 Å². The van der Waals surface area contributed by atoms with Crippen LogP contribution in [0, 0.1) is 6.92 Å². The summed E-state index contributed by atoms with van der Waals surface area (Å²) in [6.07, 6.45) is 3.37. The molecule has 0 bridgehead atoms. The van der Waals surface area contributed by atoms with Crippen molar-refractivity contribution >= 4 is 5.78 Å². The van der Waals surface area contributed by atoms with Gasteiger partial charge in [-0.1, -0.05) is 6.07 Å². The third kappa shape index (κ3) is 2.53. The molecule has 0 unspecified atom stereocenters. The topological polar surface area (TPSA) is 52.1 Å².